The van der Waals surface area contributed by atoms with Crippen LogP contribution >= 0.6 is 11.8 Å². The highest BCUT2D eigenvalue weighted by atomic mass is 32.2. The monoisotopic (exact) mass is 451 g/mol. The van der Waals surface area contributed by atoms with E-state index in [0.29, 0.717) is 12.2 Å². The van der Waals surface area contributed by atoms with Crippen LogP contribution in [0.5, 0.6) is 5.75 Å². The molecule has 4 rings (SSSR count). The van der Waals surface area contributed by atoms with Crippen LogP contribution in [0, 0.1) is 0 Å². The maximum absolute atomic E-state index is 12.4. The zero-order valence-corrected chi connectivity index (χ0v) is 20.8. The average Bonchev–Trinajstić information content (AvgIpc) is 3.06. The Hall–Kier alpha value is -2.27. The van der Waals surface area contributed by atoms with Crippen LogP contribution in [-0.2, 0) is 17.6 Å². The summed E-state index contributed by atoms with van der Waals surface area (Å²) in [5.41, 5.74) is 5.74. The summed E-state index contributed by atoms with van der Waals surface area (Å²) < 4.78 is 11.7. The van der Waals surface area contributed by atoms with Gasteiger partial charge in [0, 0.05) is 23.1 Å². The van der Waals surface area contributed by atoms with Crippen molar-refractivity contribution in [3.63, 3.8) is 0 Å². The molecule has 32 heavy (non-hydrogen) atoms. The molecule has 0 fully saturated rings. The normalized spacial score (nSPS) is 17.8. The molecule has 0 spiro atoms. The molecule has 0 bridgehead atoms. The first-order valence-electron chi connectivity index (χ1n) is 11.5. The minimum atomic E-state index is -0.300. The average molecular weight is 452 g/mol. The highest BCUT2D eigenvalue weighted by Crippen LogP contribution is 2.47. The smallest absolute Gasteiger partial charge is 0.338 e. The molecular weight excluding hydrogens is 418 g/mol. The van der Waals surface area contributed by atoms with Crippen molar-refractivity contribution < 1.29 is 14.3 Å². The second kappa shape index (κ2) is 8.58. The Morgan fingerprint density at radius 3 is 2.66 bits per heavy atom. The largest absolute Gasteiger partial charge is 0.486 e. The number of ether oxygens (including phenoxy) is 2. The van der Waals surface area contributed by atoms with Gasteiger partial charge in [0.05, 0.1) is 28.3 Å². The number of carbonyl (C=O) groups excluding carboxylic acids is 1. The van der Waals surface area contributed by atoms with E-state index in [4.69, 9.17) is 14.5 Å². The molecule has 0 radical (unpaired) electrons. The number of esters is 1. The van der Waals surface area contributed by atoms with Crippen molar-refractivity contribution in [2.45, 2.75) is 76.8 Å². The molecule has 0 unspecified atom stereocenters. The minimum Gasteiger partial charge on any atom is -0.486 e. The molecule has 0 atom stereocenters. The van der Waals surface area contributed by atoms with Crippen LogP contribution in [0.1, 0.15) is 80.6 Å². The lowest BCUT2D eigenvalue weighted by atomic mass is 9.81. The molecule has 0 saturated heterocycles. The van der Waals surface area contributed by atoms with Gasteiger partial charge in [-0.25, -0.2) is 4.79 Å². The Balaban J connectivity index is 1.89. The third-order valence-electron chi connectivity index (χ3n) is 5.79. The summed E-state index contributed by atoms with van der Waals surface area (Å²) in [4.78, 5) is 18.8. The fourth-order valence-electron chi connectivity index (χ4n) is 4.61. The van der Waals surface area contributed by atoms with E-state index in [0.717, 1.165) is 42.0 Å². The van der Waals surface area contributed by atoms with Crippen molar-refractivity contribution in [2.24, 2.45) is 4.99 Å². The lowest BCUT2D eigenvalue weighted by Crippen LogP contribution is -2.30. The number of hydrogen-bond acceptors (Lipinski definition) is 5. The van der Waals surface area contributed by atoms with E-state index in [1.54, 1.807) is 6.07 Å². The van der Waals surface area contributed by atoms with Crippen molar-refractivity contribution in [3.05, 3.63) is 58.1 Å². The summed E-state index contributed by atoms with van der Waals surface area (Å²) >= 11 is 1.88. The Labute approximate surface area is 195 Å². The van der Waals surface area contributed by atoms with Crippen molar-refractivity contribution in [2.75, 3.05) is 12.4 Å². The van der Waals surface area contributed by atoms with Gasteiger partial charge in [-0.15, -0.1) is 11.8 Å². The fourth-order valence-corrected chi connectivity index (χ4v) is 5.55. The number of nitrogens with zero attached hydrogens (tertiary/aromatic N) is 1. The molecular formula is C27H33NO3S. The number of aliphatic imine (C=N–C) groups is 1. The van der Waals surface area contributed by atoms with Crippen molar-refractivity contribution in [3.8, 4) is 5.75 Å². The van der Waals surface area contributed by atoms with E-state index in [1.165, 1.54) is 21.6 Å². The Kier molecular flexibility index (Phi) is 6.15. The van der Waals surface area contributed by atoms with Gasteiger partial charge in [0.15, 0.2) is 0 Å². The van der Waals surface area contributed by atoms with Gasteiger partial charge in [-0.2, -0.15) is 0 Å². The number of rotatable bonds is 6. The minimum absolute atomic E-state index is 0.224. The Morgan fingerprint density at radius 1 is 1.16 bits per heavy atom. The predicted molar refractivity (Wildman–Crippen MR) is 132 cm³/mol. The van der Waals surface area contributed by atoms with E-state index >= 15 is 0 Å². The molecule has 5 heteroatoms. The first-order valence-corrected chi connectivity index (χ1v) is 12.5. The summed E-state index contributed by atoms with van der Waals surface area (Å²) in [6.45, 7) is 13.1. The summed E-state index contributed by atoms with van der Waals surface area (Å²) in [5, 5.41) is 0. The number of hydrogen-bond donors (Lipinski definition) is 0. The molecule has 2 aromatic rings. The maximum atomic E-state index is 12.4. The second-order valence-electron chi connectivity index (χ2n) is 9.85. The molecule has 0 amide bonds. The van der Waals surface area contributed by atoms with Gasteiger partial charge in [-0.1, -0.05) is 19.1 Å². The van der Waals surface area contributed by atoms with E-state index in [9.17, 15) is 4.79 Å². The van der Waals surface area contributed by atoms with Crippen LogP contribution in [0.25, 0.3) is 0 Å². The van der Waals surface area contributed by atoms with Gasteiger partial charge in [0.25, 0.3) is 0 Å². The molecule has 0 N–H and O–H groups in total. The second-order valence-corrected chi connectivity index (χ2v) is 11.0. The summed E-state index contributed by atoms with van der Waals surface area (Å²) in [6, 6.07) is 9.99. The zero-order chi connectivity index (χ0) is 23.1. The topological polar surface area (TPSA) is 47.9 Å². The molecule has 0 saturated carbocycles. The summed E-state index contributed by atoms with van der Waals surface area (Å²) in [7, 11) is 0. The lowest BCUT2D eigenvalue weighted by Gasteiger charge is -2.31. The van der Waals surface area contributed by atoms with Crippen LogP contribution in [0.15, 0.2) is 40.2 Å². The van der Waals surface area contributed by atoms with Gasteiger partial charge in [-0.05, 0) is 77.0 Å². The predicted octanol–water partition coefficient (Wildman–Crippen LogP) is 6.25. The van der Waals surface area contributed by atoms with Crippen LogP contribution in [-0.4, -0.2) is 35.2 Å². The number of carbonyl (C=O) groups is 1. The van der Waals surface area contributed by atoms with Gasteiger partial charge < -0.3 is 9.47 Å². The van der Waals surface area contributed by atoms with E-state index in [1.807, 2.05) is 36.9 Å². The van der Waals surface area contributed by atoms with Crippen molar-refractivity contribution in [1.82, 2.24) is 0 Å². The molecule has 2 aromatic carbocycles. The number of benzene rings is 2. The highest BCUT2D eigenvalue weighted by Gasteiger charge is 2.39. The van der Waals surface area contributed by atoms with E-state index < -0.39 is 0 Å². The first-order chi connectivity index (χ1) is 15.1. The first kappa shape index (κ1) is 22.9. The third-order valence-corrected chi connectivity index (χ3v) is 7.02. The van der Waals surface area contributed by atoms with Crippen LogP contribution in [0.2, 0.25) is 0 Å². The maximum Gasteiger partial charge on any atom is 0.338 e. The molecule has 4 nitrogen and oxygen atoms in total. The molecule has 0 aromatic heterocycles. The SMILES string of the molecule is CCCSc1cc2c(c3c1OC(C)(C)C3)C(c1cccc(C(=O)OCC)c1)=NC(C)(C)C2. The standard InChI is InChI=1S/C27H33NO3S/c1-7-12-32-21-14-19-15-26(3,4)28-23(22(19)20-16-27(5,6)31-24(20)21)17-10-9-11-18(13-17)25(29)30-8-2/h9-11,13-14H,7-8,12,15-16H2,1-6H3. The molecule has 2 aliphatic heterocycles. The molecule has 170 valence electrons. The summed E-state index contributed by atoms with van der Waals surface area (Å²) in [6.07, 6.45) is 2.86. The number of fused-ring (bicyclic) bond motifs is 3. The summed E-state index contributed by atoms with van der Waals surface area (Å²) in [5.74, 6) is 1.79. The third kappa shape index (κ3) is 4.45. The van der Waals surface area contributed by atoms with Crippen molar-refractivity contribution in [1.29, 1.82) is 0 Å². The molecule has 2 heterocycles. The number of thioether (sulfide) groups is 1. The van der Waals surface area contributed by atoms with Gasteiger partial charge >= 0.3 is 5.97 Å². The molecule has 0 aliphatic carbocycles. The van der Waals surface area contributed by atoms with Crippen LogP contribution in [0.4, 0.5) is 0 Å². The fraction of sp³-hybridized carbons (Fsp3) is 0.481. The van der Waals surface area contributed by atoms with Gasteiger partial charge in [0.2, 0.25) is 0 Å². The van der Waals surface area contributed by atoms with Crippen LogP contribution in [0.3, 0.4) is 0 Å². The van der Waals surface area contributed by atoms with E-state index in [2.05, 4.69) is 40.7 Å². The highest BCUT2D eigenvalue weighted by molar-refractivity contribution is 7.99. The van der Waals surface area contributed by atoms with Crippen LogP contribution < -0.4 is 4.74 Å². The zero-order valence-electron chi connectivity index (χ0n) is 20.0. The Bertz CT molecular complexity index is 1080. The Morgan fingerprint density at radius 2 is 1.94 bits per heavy atom. The van der Waals surface area contributed by atoms with E-state index in [-0.39, 0.29) is 17.1 Å². The quantitative estimate of drug-likeness (QED) is 0.385. The van der Waals surface area contributed by atoms with Gasteiger partial charge in [0.1, 0.15) is 11.4 Å². The lowest BCUT2D eigenvalue weighted by molar-refractivity contribution is 0.0526. The van der Waals surface area contributed by atoms with Crippen molar-refractivity contribution >= 4 is 23.4 Å². The van der Waals surface area contributed by atoms with Gasteiger partial charge in [-0.3, -0.25) is 4.99 Å². The molecule has 2 aliphatic rings.